The largest absolute Gasteiger partial charge is 0.493 e. The van der Waals surface area contributed by atoms with Crippen LogP contribution >= 0.6 is 0 Å². The minimum atomic E-state index is -0.105. The van der Waals surface area contributed by atoms with E-state index >= 15 is 0 Å². The number of aromatic nitrogens is 3. The minimum absolute atomic E-state index is 0.105. The van der Waals surface area contributed by atoms with Crippen LogP contribution in [0, 0.1) is 20.8 Å². The Bertz CT molecular complexity index is 1080. The number of nitrogens with zero attached hydrogens (tertiary/aromatic N) is 3. The van der Waals surface area contributed by atoms with Crippen molar-refractivity contribution < 1.29 is 19.0 Å². The van der Waals surface area contributed by atoms with Crippen molar-refractivity contribution in [1.29, 1.82) is 0 Å². The van der Waals surface area contributed by atoms with Crippen LogP contribution in [0.15, 0.2) is 12.1 Å². The molecule has 0 aliphatic carbocycles. The lowest BCUT2D eigenvalue weighted by molar-refractivity contribution is -0.116. The second kappa shape index (κ2) is 8.61. The van der Waals surface area contributed by atoms with Crippen molar-refractivity contribution in [2.75, 3.05) is 26.6 Å². The monoisotopic (exact) mass is 412 g/mol. The third kappa shape index (κ3) is 3.90. The second-order valence-electron chi connectivity index (χ2n) is 7.17. The lowest BCUT2D eigenvalue weighted by atomic mass is 9.99. The Morgan fingerprint density at radius 3 is 2.23 bits per heavy atom. The summed E-state index contributed by atoms with van der Waals surface area (Å²) in [6, 6.07) is 3.42. The number of fused-ring (bicyclic) bond motifs is 1. The third-order valence-corrected chi connectivity index (χ3v) is 5.28. The molecule has 0 bridgehead atoms. The van der Waals surface area contributed by atoms with Gasteiger partial charge in [-0.2, -0.15) is 5.10 Å². The van der Waals surface area contributed by atoms with E-state index in [1.54, 1.807) is 16.8 Å². The number of aryl methyl sites for hydroxylation is 4. The van der Waals surface area contributed by atoms with Crippen LogP contribution in [0.25, 0.3) is 11.0 Å². The minimum Gasteiger partial charge on any atom is -0.493 e. The normalized spacial score (nSPS) is 10.9. The lowest BCUT2D eigenvalue weighted by Crippen LogP contribution is -2.14. The van der Waals surface area contributed by atoms with Gasteiger partial charge >= 0.3 is 0 Å². The van der Waals surface area contributed by atoms with Gasteiger partial charge in [0.15, 0.2) is 17.1 Å². The van der Waals surface area contributed by atoms with Gasteiger partial charge < -0.3 is 19.5 Å². The van der Waals surface area contributed by atoms with Crippen LogP contribution < -0.4 is 19.5 Å². The number of hydrogen-bond donors (Lipinski definition) is 1. The van der Waals surface area contributed by atoms with E-state index < -0.39 is 0 Å². The first kappa shape index (κ1) is 21.4. The van der Waals surface area contributed by atoms with E-state index in [9.17, 15) is 4.79 Å². The number of methoxy groups -OCH3 is 3. The molecule has 1 N–H and O–H groups in total. The first-order valence-corrected chi connectivity index (χ1v) is 9.69. The highest BCUT2D eigenvalue weighted by Gasteiger charge is 2.17. The Morgan fingerprint density at radius 2 is 1.67 bits per heavy atom. The molecule has 8 heteroatoms. The van der Waals surface area contributed by atoms with Gasteiger partial charge in [0.05, 0.1) is 27.0 Å². The lowest BCUT2D eigenvalue weighted by Gasteiger charge is -2.15. The summed E-state index contributed by atoms with van der Waals surface area (Å²) in [6.45, 7) is 6.02. The Morgan fingerprint density at radius 1 is 1.03 bits per heavy atom. The van der Waals surface area contributed by atoms with E-state index in [1.165, 1.54) is 21.3 Å². The molecule has 1 aromatic carbocycles. The summed E-state index contributed by atoms with van der Waals surface area (Å²) in [5, 5.41) is 8.44. The third-order valence-electron chi connectivity index (χ3n) is 5.28. The van der Waals surface area contributed by atoms with Gasteiger partial charge in [-0.15, -0.1) is 0 Å². The van der Waals surface area contributed by atoms with Gasteiger partial charge in [-0.1, -0.05) is 0 Å². The number of amides is 1. The van der Waals surface area contributed by atoms with Crippen LogP contribution in [0.4, 0.5) is 5.69 Å². The first-order valence-electron chi connectivity index (χ1n) is 9.69. The van der Waals surface area contributed by atoms with E-state index in [0.717, 1.165) is 33.5 Å². The first-order chi connectivity index (χ1) is 14.3. The number of hydrogen-bond acceptors (Lipinski definition) is 6. The van der Waals surface area contributed by atoms with Crippen LogP contribution in [0.5, 0.6) is 17.2 Å². The van der Waals surface area contributed by atoms with Crippen LogP contribution in [-0.4, -0.2) is 42.0 Å². The van der Waals surface area contributed by atoms with Crippen molar-refractivity contribution in [3.8, 4) is 17.2 Å². The fraction of sp³-hybridized carbons (Fsp3) is 0.409. The number of carbonyl (C=O) groups excluding carboxylic acids is 1. The molecule has 0 radical (unpaired) electrons. The number of carbonyl (C=O) groups is 1. The molecule has 1 amide bonds. The topological polar surface area (TPSA) is 87.5 Å². The molecule has 0 saturated heterocycles. The van der Waals surface area contributed by atoms with Gasteiger partial charge in [0, 0.05) is 42.4 Å². The molecule has 30 heavy (non-hydrogen) atoms. The quantitative estimate of drug-likeness (QED) is 0.639. The van der Waals surface area contributed by atoms with Crippen molar-refractivity contribution in [3.05, 3.63) is 34.6 Å². The van der Waals surface area contributed by atoms with Crippen LogP contribution in [0.1, 0.15) is 28.9 Å². The summed E-state index contributed by atoms with van der Waals surface area (Å²) in [5.41, 5.74) is 5.53. The zero-order chi connectivity index (χ0) is 22.0. The van der Waals surface area contributed by atoms with Crippen molar-refractivity contribution >= 4 is 22.6 Å². The van der Waals surface area contributed by atoms with Crippen molar-refractivity contribution in [2.45, 2.75) is 33.6 Å². The molecule has 3 rings (SSSR count). The zero-order valence-electron chi connectivity index (χ0n) is 18.5. The molecule has 0 aliphatic rings. The Kier molecular flexibility index (Phi) is 6.14. The van der Waals surface area contributed by atoms with Crippen molar-refractivity contribution in [3.63, 3.8) is 0 Å². The SMILES string of the molecule is COc1cc(NC(=O)CCc2c(C)nc3c(c(C)nn3C)c2C)cc(OC)c1OC. The van der Waals surface area contributed by atoms with Gasteiger partial charge in [-0.3, -0.25) is 9.48 Å². The van der Waals surface area contributed by atoms with E-state index in [-0.39, 0.29) is 5.91 Å². The highest BCUT2D eigenvalue weighted by Crippen LogP contribution is 2.40. The predicted octanol–water partition coefficient (Wildman–Crippen LogP) is 3.49. The fourth-order valence-corrected chi connectivity index (χ4v) is 3.85. The fourth-order valence-electron chi connectivity index (χ4n) is 3.85. The predicted molar refractivity (Wildman–Crippen MR) is 116 cm³/mol. The summed E-state index contributed by atoms with van der Waals surface area (Å²) in [7, 11) is 6.51. The molecule has 0 fully saturated rings. The standard InChI is InChI=1S/C22H28N4O4/c1-12-16(13(2)23-22-20(12)14(3)25-26(22)4)8-9-19(27)24-15-10-17(28-5)21(30-7)18(11-15)29-6/h10-11H,8-9H2,1-7H3,(H,24,27). The van der Waals surface area contributed by atoms with E-state index in [2.05, 4.69) is 17.3 Å². The average Bonchev–Trinajstić information content (AvgIpc) is 3.00. The summed E-state index contributed by atoms with van der Waals surface area (Å²) < 4.78 is 17.8. The molecule has 0 aliphatic heterocycles. The van der Waals surface area contributed by atoms with Gasteiger partial charge in [0.25, 0.3) is 0 Å². The molecule has 0 unspecified atom stereocenters. The number of rotatable bonds is 7. The van der Waals surface area contributed by atoms with Crippen LogP contribution in [0.3, 0.4) is 0 Å². The van der Waals surface area contributed by atoms with E-state index in [4.69, 9.17) is 19.2 Å². The number of pyridine rings is 1. The summed E-state index contributed by atoms with van der Waals surface area (Å²) in [6.07, 6.45) is 0.913. The van der Waals surface area contributed by atoms with Gasteiger partial charge in [-0.05, 0) is 38.3 Å². The molecular weight excluding hydrogens is 384 g/mol. The Balaban J connectivity index is 1.79. The van der Waals surface area contributed by atoms with Crippen molar-refractivity contribution in [2.24, 2.45) is 7.05 Å². The van der Waals surface area contributed by atoms with Crippen molar-refractivity contribution in [1.82, 2.24) is 14.8 Å². The average molecular weight is 412 g/mol. The van der Waals surface area contributed by atoms with Gasteiger partial charge in [0.1, 0.15) is 0 Å². The molecule has 2 heterocycles. The van der Waals surface area contributed by atoms with Crippen LogP contribution in [-0.2, 0) is 18.3 Å². The number of ether oxygens (including phenoxy) is 3. The number of nitrogens with one attached hydrogen (secondary N) is 1. The zero-order valence-corrected chi connectivity index (χ0v) is 18.5. The molecule has 0 spiro atoms. The second-order valence-corrected chi connectivity index (χ2v) is 7.17. The summed E-state index contributed by atoms with van der Waals surface area (Å²) in [4.78, 5) is 17.3. The summed E-state index contributed by atoms with van der Waals surface area (Å²) >= 11 is 0. The smallest absolute Gasteiger partial charge is 0.224 e. The molecular formula is C22H28N4O4. The van der Waals surface area contributed by atoms with E-state index in [1.807, 2.05) is 20.9 Å². The highest BCUT2D eigenvalue weighted by atomic mass is 16.5. The molecule has 0 saturated carbocycles. The highest BCUT2D eigenvalue weighted by molar-refractivity contribution is 5.92. The number of benzene rings is 1. The Hall–Kier alpha value is -3.29. The maximum atomic E-state index is 12.6. The van der Waals surface area contributed by atoms with Crippen LogP contribution in [0.2, 0.25) is 0 Å². The van der Waals surface area contributed by atoms with E-state index in [0.29, 0.717) is 35.8 Å². The van der Waals surface area contributed by atoms with Gasteiger partial charge in [-0.25, -0.2) is 4.98 Å². The number of anilines is 1. The molecule has 3 aromatic rings. The maximum absolute atomic E-state index is 12.6. The summed E-state index contributed by atoms with van der Waals surface area (Å²) in [5.74, 6) is 1.35. The maximum Gasteiger partial charge on any atom is 0.224 e. The Labute approximate surface area is 176 Å². The molecule has 160 valence electrons. The molecule has 0 atom stereocenters. The van der Waals surface area contributed by atoms with Gasteiger partial charge in [0.2, 0.25) is 11.7 Å². The molecule has 2 aromatic heterocycles. The molecule has 8 nitrogen and oxygen atoms in total.